The van der Waals surface area contributed by atoms with Gasteiger partial charge in [0.2, 0.25) is 0 Å². The third-order valence-corrected chi connectivity index (χ3v) is 14.8. The van der Waals surface area contributed by atoms with E-state index in [4.69, 9.17) is 0 Å². The fraction of sp³-hybridized carbons (Fsp3) is 0.552. The molecule has 376 valence electrons. The maximum Gasteiger partial charge on any atom is 0.125 e. The van der Waals surface area contributed by atoms with Gasteiger partial charge in [0.25, 0.3) is 0 Å². The average molecular weight is 932 g/mol. The van der Waals surface area contributed by atoms with Crippen molar-refractivity contribution in [3.63, 3.8) is 0 Å². The largest absolute Gasteiger partial charge is 0.297 e. The molecule has 0 amide bonds. The van der Waals surface area contributed by atoms with Gasteiger partial charge in [-0.05, 0) is 102 Å². The number of rotatable bonds is 39. The summed E-state index contributed by atoms with van der Waals surface area (Å²) in [5.74, 6) is 0. The zero-order valence-electron chi connectivity index (χ0n) is 44.5. The zero-order valence-corrected chi connectivity index (χ0v) is 44.5. The van der Waals surface area contributed by atoms with E-state index in [1.807, 2.05) is 0 Å². The molecule has 1 atom stereocenters. The van der Waals surface area contributed by atoms with Gasteiger partial charge in [0.15, 0.2) is 0 Å². The van der Waals surface area contributed by atoms with Gasteiger partial charge < -0.3 is 0 Å². The number of nitrogens with one attached hydrogen (secondary N) is 1. The lowest BCUT2D eigenvalue weighted by Gasteiger charge is -2.37. The Hall–Kier alpha value is -4.30. The molecule has 4 aromatic carbocycles. The highest BCUT2D eigenvalue weighted by Gasteiger charge is 2.40. The molecule has 0 aliphatic carbocycles. The third kappa shape index (κ3) is 21.7. The van der Waals surface area contributed by atoms with E-state index in [2.05, 4.69) is 165 Å². The number of hydrogen-bond acceptors (Lipinski definition) is 2. The van der Waals surface area contributed by atoms with Crippen LogP contribution in [0.4, 0.5) is 5.69 Å². The Morgan fingerprint density at radius 3 is 1.14 bits per heavy atom. The Labute approximate surface area is 425 Å². The van der Waals surface area contributed by atoms with Crippen LogP contribution in [0.5, 0.6) is 0 Å². The number of hydrogen-bond donors (Lipinski definition) is 1. The van der Waals surface area contributed by atoms with Crippen molar-refractivity contribution in [2.24, 2.45) is 0 Å². The maximum atomic E-state index is 3.92. The number of nitrogens with zero attached hydrogens (tertiary/aromatic N) is 1. The minimum atomic E-state index is -0.543. The second-order valence-corrected chi connectivity index (χ2v) is 20.9. The van der Waals surface area contributed by atoms with E-state index < -0.39 is 5.54 Å². The van der Waals surface area contributed by atoms with Crippen LogP contribution >= 0.6 is 0 Å². The molecule has 0 bridgehead atoms. The molecule has 2 nitrogen and oxygen atoms in total. The lowest BCUT2D eigenvalue weighted by atomic mass is 9.86. The van der Waals surface area contributed by atoms with Crippen LogP contribution in [0.25, 0.3) is 12.2 Å². The first-order chi connectivity index (χ1) is 34.1. The molecule has 1 aliphatic heterocycles. The lowest BCUT2D eigenvalue weighted by Crippen LogP contribution is -2.46. The highest BCUT2D eigenvalue weighted by atomic mass is 15.6. The molecule has 0 radical (unpaired) electrons. The minimum absolute atomic E-state index is 0.543. The highest BCUT2D eigenvalue weighted by Crippen LogP contribution is 2.41. The Kier molecular flexibility index (Phi) is 28.1. The second kappa shape index (κ2) is 34.9. The zero-order chi connectivity index (χ0) is 48.3. The number of hydrazine groups is 1. The van der Waals surface area contributed by atoms with E-state index in [0.29, 0.717) is 0 Å². The number of benzene rings is 4. The second-order valence-electron chi connectivity index (χ2n) is 20.9. The molecule has 69 heavy (non-hydrogen) atoms. The quantitative estimate of drug-likeness (QED) is 0.0449. The van der Waals surface area contributed by atoms with E-state index in [9.17, 15) is 0 Å². The van der Waals surface area contributed by atoms with Crippen LogP contribution in [0.3, 0.4) is 0 Å². The molecule has 0 saturated carbocycles. The molecule has 1 unspecified atom stereocenters. The molecule has 2 heteroatoms. The standard InChI is InChI=1S/C67H98N2/c1-4-7-10-13-16-19-22-25-28-32-39-60-42-44-63(45-43-60)56-57-67(64-51-46-61(47-52-64)40-33-29-26-23-20-17-14-11-8-5-2)58-65(53-48-59-37-35-31-36-38-59)68-69(67)66-54-49-62(50-55-66)41-34-30-27-24-21-18-15-12-9-6-3/h31,35-38,42-58,68H,4-30,32-34,39-41H2,1-3H3. The van der Waals surface area contributed by atoms with Gasteiger partial charge in [0.1, 0.15) is 5.54 Å². The van der Waals surface area contributed by atoms with Crippen molar-refractivity contribution < 1.29 is 0 Å². The van der Waals surface area contributed by atoms with Crippen LogP contribution in [-0.4, -0.2) is 0 Å². The summed E-state index contributed by atoms with van der Waals surface area (Å²) in [6.45, 7) is 6.91. The normalized spacial score (nSPS) is 14.9. The smallest absolute Gasteiger partial charge is 0.125 e. The predicted molar refractivity (Wildman–Crippen MR) is 306 cm³/mol. The average Bonchev–Trinajstić information content (AvgIpc) is 3.77. The highest BCUT2D eigenvalue weighted by molar-refractivity contribution is 5.66. The van der Waals surface area contributed by atoms with Crippen molar-refractivity contribution in [3.05, 3.63) is 160 Å². The van der Waals surface area contributed by atoms with Crippen LogP contribution in [0.2, 0.25) is 0 Å². The van der Waals surface area contributed by atoms with Crippen LogP contribution in [-0.2, 0) is 24.8 Å². The Balaban J connectivity index is 1.30. The summed E-state index contributed by atoms with van der Waals surface area (Å²) in [4.78, 5) is 0. The molecule has 0 saturated heterocycles. The van der Waals surface area contributed by atoms with Gasteiger partial charge in [-0.3, -0.25) is 10.4 Å². The van der Waals surface area contributed by atoms with Crippen molar-refractivity contribution in [1.82, 2.24) is 5.43 Å². The number of unbranched alkanes of at least 4 members (excludes halogenated alkanes) is 27. The van der Waals surface area contributed by atoms with E-state index in [-0.39, 0.29) is 0 Å². The summed E-state index contributed by atoms with van der Waals surface area (Å²) >= 11 is 0. The molecule has 1 N–H and O–H groups in total. The molecule has 0 aromatic heterocycles. The van der Waals surface area contributed by atoms with Crippen LogP contribution in [0, 0.1) is 0 Å². The first-order valence-corrected chi connectivity index (χ1v) is 29.1. The van der Waals surface area contributed by atoms with Crippen LogP contribution < -0.4 is 10.4 Å². The van der Waals surface area contributed by atoms with E-state index in [1.165, 1.54) is 238 Å². The molecule has 4 aromatic rings. The Morgan fingerprint density at radius 2 is 0.725 bits per heavy atom. The fourth-order valence-electron chi connectivity index (χ4n) is 10.3. The van der Waals surface area contributed by atoms with Gasteiger partial charge >= 0.3 is 0 Å². The topological polar surface area (TPSA) is 15.3 Å². The summed E-state index contributed by atoms with van der Waals surface area (Å²) in [7, 11) is 0. The maximum absolute atomic E-state index is 3.92. The summed E-state index contributed by atoms with van der Waals surface area (Å²) in [6, 6.07) is 39.1. The Bertz CT molecular complexity index is 1950. The predicted octanol–water partition coefficient (Wildman–Crippen LogP) is 20.6. The number of allylic oxidation sites excluding steroid dienone is 1. The van der Waals surface area contributed by atoms with E-state index in [0.717, 1.165) is 18.5 Å². The van der Waals surface area contributed by atoms with Gasteiger partial charge in [-0.15, -0.1) is 0 Å². The van der Waals surface area contributed by atoms with Crippen molar-refractivity contribution in [3.8, 4) is 0 Å². The van der Waals surface area contributed by atoms with Gasteiger partial charge in [-0.2, -0.15) is 0 Å². The van der Waals surface area contributed by atoms with Crippen LogP contribution in [0.15, 0.2) is 127 Å². The molecule has 0 spiro atoms. The lowest BCUT2D eigenvalue weighted by molar-refractivity contribution is 0.556. The molecule has 1 heterocycles. The molecule has 5 rings (SSSR count). The van der Waals surface area contributed by atoms with Gasteiger partial charge in [0, 0.05) is 0 Å². The van der Waals surface area contributed by atoms with Crippen molar-refractivity contribution in [2.45, 2.75) is 238 Å². The van der Waals surface area contributed by atoms with Crippen molar-refractivity contribution in [1.29, 1.82) is 0 Å². The van der Waals surface area contributed by atoms with Gasteiger partial charge in [-0.25, -0.2) is 0 Å². The van der Waals surface area contributed by atoms with Crippen LogP contribution in [0.1, 0.15) is 247 Å². The number of anilines is 1. The summed E-state index contributed by atoms with van der Waals surface area (Å²) in [6.07, 6.45) is 56.4. The molecular weight excluding hydrogens is 833 g/mol. The fourth-order valence-corrected chi connectivity index (χ4v) is 10.3. The number of aryl methyl sites for hydroxylation is 3. The van der Waals surface area contributed by atoms with Gasteiger partial charge in [0.05, 0.1) is 11.4 Å². The molecule has 1 aliphatic rings. The molecule has 0 fully saturated rings. The van der Waals surface area contributed by atoms with Gasteiger partial charge in [-0.1, -0.05) is 297 Å². The summed E-state index contributed by atoms with van der Waals surface area (Å²) < 4.78 is 0. The summed E-state index contributed by atoms with van der Waals surface area (Å²) in [5, 5.41) is 2.41. The SMILES string of the molecule is CCCCCCCCCCCCc1ccc(C=CC2(c3ccc(CCCCCCCCCCCC)cc3)C=C(C=Cc3ccccc3)NN2c2ccc(CCCCCCCCCCCC)cc2)cc1. The minimum Gasteiger partial charge on any atom is -0.297 e. The van der Waals surface area contributed by atoms with Crippen molar-refractivity contribution >= 4 is 17.8 Å². The first-order valence-electron chi connectivity index (χ1n) is 29.1. The monoisotopic (exact) mass is 931 g/mol. The first kappa shape index (κ1) is 55.6. The van der Waals surface area contributed by atoms with Crippen molar-refractivity contribution in [2.75, 3.05) is 5.01 Å². The molecular formula is C67H98N2. The van der Waals surface area contributed by atoms with E-state index in [1.54, 1.807) is 0 Å². The van der Waals surface area contributed by atoms with E-state index >= 15 is 0 Å². The Morgan fingerprint density at radius 1 is 0.362 bits per heavy atom. The third-order valence-electron chi connectivity index (χ3n) is 14.8. The summed E-state index contributed by atoms with van der Waals surface area (Å²) in [5.41, 5.74) is 13.7.